The van der Waals surface area contributed by atoms with Gasteiger partial charge in [0, 0.05) is 10.9 Å². The second-order valence-corrected chi connectivity index (χ2v) is 8.35. The molecule has 0 heterocycles. The molecule has 170 valence electrons. The number of fused-ring (bicyclic) bond motifs is 1. The molecule has 1 saturated carbocycles. The van der Waals surface area contributed by atoms with Crippen LogP contribution in [0.1, 0.15) is 50.5 Å². The van der Waals surface area contributed by atoms with Gasteiger partial charge in [0.1, 0.15) is 5.82 Å². The lowest BCUT2D eigenvalue weighted by Crippen LogP contribution is -2.19. The molecule has 0 N–H and O–H groups in total. The number of alkyl halides is 3. The van der Waals surface area contributed by atoms with Crippen molar-refractivity contribution in [2.75, 3.05) is 0 Å². The summed E-state index contributed by atoms with van der Waals surface area (Å²) >= 11 is 0. The maximum absolute atomic E-state index is 15.2. The van der Waals surface area contributed by atoms with Crippen molar-refractivity contribution >= 4 is 10.8 Å². The van der Waals surface area contributed by atoms with E-state index in [0.29, 0.717) is 23.4 Å². The molecule has 0 radical (unpaired) electrons. The normalized spacial score (nSPS) is 19.3. The van der Waals surface area contributed by atoms with Crippen LogP contribution in [0.2, 0.25) is 0 Å². The molecular weight excluding hydrogens is 430 g/mol. The molecule has 1 aliphatic rings. The third kappa shape index (κ3) is 4.57. The first-order chi connectivity index (χ1) is 15.2. The number of rotatable bonds is 4. The molecule has 0 unspecified atom stereocenters. The van der Waals surface area contributed by atoms with Gasteiger partial charge in [-0.3, -0.25) is 0 Å². The van der Waals surface area contributed by atoms with Crippen molar-refractivity contribution in [1.29, 1.82) is 0 Å². The molecule has 3 aromatic rings. The van der Waals surface area contributed by atoms with Crippen LogP contribution in [0.25, 0.3) is 21.9 Å². The van der Waals surface area contributed by atoms with Crippen molar-refractivity contribution in [3.63, 3.8) is 0 Å². The Kier molecular flexibility index (Phi) is 6.10. The van der Waals surface area contributed by atoms with Crippen LogP contribution in [0, 0.1) is 23.4 Å². The fraction of sp³-hybridized carbons (Fsp3) is 0.360. The molecule has 0 aromatic heterocycles. The zero-order valence-electron chi connectivity index (χ0n) is 17.4. The van der Waals surface area contributed by atoms with Gasteiger partial charge in [-0.05, 0) is 66.2 Å². The van der Waals surface area contributed by atoms with E-state index in [-0.39, 0.29) is 16.5 Å². The Balaban J connectivity index is 1.66. The summed E-state index contributed by atoms with van der Waals surface area (Å²) in [5, 5.41) is 0.948. The molecule has 0 spiro atoms. The molecule has 0 saturated heterocycles. The maximum Gasteiger partial charge on any atom is 0.573 e. The van der Waals surface area contributed by atoms with Gasteiger partial charge in [-0.25, -0.2) is 13.2 Å². The van der Waals surface area contributed by atoms with Crippen LogP contribution in [0.4, 0.5) is 26.3 Å². The topological polar surface area (TPSA) is 9.23 Å². The van der Waals surface area contributed by atoms with Crippen molar-refractivity contribution in [1.82, 2.24) is 0 Å². The van der Waals surface area contributed by atoms with Crippen LogP contribution in [-0.4, -0.2) is 6.36 Å². The van der Waals surface area contributed by atoms with E-state index in [2.05, 4.69) is 11.7 Å². The van der Waals surface area contributed by atoms with E-state index in [1.54, 1.807) is 12.1 Å². The first-order valence-corrected chi connectivity index (χ1v) is 10.6. The van der Waals surface area contributed by atoms with Crippen molar-refractivity contribution in [2.24, 2.45) is 5.92 Å². The van der Waals surface area contributed by atoms with Gasteiger partial charge >= 0.3 is 6.36 Å². The van der Waals surface area contributed by atoms with Gasteiger partial charge in [-0.1, -0.05) is 43.7 Å². The predicted molar refractivity (Wildman–Crippen MR) is 111 cm³/mol. The maximum atomic E-state index is 15.2. The summed E-state index contributed by atoms with van der Waals surface area (Å²) in [7, 11) is 0. The minimum Gasteiger partial charge on any atom is -0.399 e. The highest BCUT2D eigenvalue weighted by Crippen LogP contribution is 2.39. The van der Waals surface area contributed by atoms with Crippen LogP contribution in [0.3, 0.4) is 0 Å². The van der Waals surface area contributed by atoms with E-state index in [9.17, 15) is 22.0 Å². The lowest BCUT2D eigenvalue weighted by atomic mass is 9.77. The largest absolute Gasteiger partial charge is 0.573 e. The summed E-state index contributed by atoms with van der Waals surface area (Å²) in [6.07, 6.45) is 0.480. The number of halogens is 6. The van der Waals surface area contributed by atoms with Crippen LogP contribution in [0.15, 0.2) is 42.5 Å². The predicted octanol–water partition coefficient (Wildman–Crippen LogP) is 8.51. The van der Waals surface area contributed by atoms with Crippen LogP contribution >= 0.6 is 0 Å². The fourth-order valence-electron chi connectivity index (χ4n) is 4.62. The zero-order valence-corrected chi connectivity index (χ0v) is 17.4. The highest BCUT2D eigenvalue weighted by Gasteiger charge is 2.34. The first kappa shape index (κ1) is 22.5. The molecule has 0 atom stereocenters. The summed E-state index contributed by atoms with van der Waals surface area (Å²) in [4.78, 5) is 0. The second-order valence-electron chi connectivity index (χ2n) is 8.35. The molecule has 0 aliphatic heterocycles. The van der Waals surface area contributed by atoms with Gasteiger partial charge in [0.25, 0.3) is 0 Å². The first-order valence-electron chi connectivity index (χ1n) is 10.6. The molecular formula is C25H22F6O. The second kappa shape index (κ2) is 8.68. The zero-order chi connectivity index (χ0) is 23.0. The average molecular weight is 452 g/mol. The van der Waals surface area contributed by atoms with Crippen LogP contribution in [-0.2, 0) is 0 Å². The van der Waals surface area contributed by atoms with Crippen molar-refractivity contribution < 1.29 is 31.1 Å². The van der Waals surface area contributed by atoms with E-state index >= 15 is 4.39 Å². The number of benzene rings is 3. The molecule has 0 amide bonds. The van der Waals surface area contributed by atoms with Crippen molar-refractivity contribution in [3.05, 3.63) is 65.5 Å². The fourth-order valence-corrected chi connectivity index (χ4v) is 4.62. The third-order valence-electron chi connectivity index (χ3n) is 6.40. The van der Waals surface area contributed by atoms with Gasteiger partial charge in [-0.15, -0.1) is 13.2 Å². The van der Waals surface area contributed by atoms with E-state index in [1.165, 1.54) is 25.3 Å². The molecule has 0 bridgehead atoms. The molecule has 1 aliphatic carbocycles. The Morgan fingerprint density at radius 2 is 1.53 bits per heavy atom. The lowest BCUT2D eigenvalue weighted by molar-refractivity contribution is -0.276. The molecule has 1 fully saturated rings. The number of ether oxygens (including phenoxy) is 1. The average Bonchev–Trinajstić information content (AvgIpc) is 2.75. The Morgan fingerprint density at radius 3 is 2.12 bits per heavy atom. The monoisotopic (exact) mass is 452 g/mol. The Hall–Kier alpha value is -2.70. The molecule has 1 nitrogen and oxygen atoms in total. The molecule has 4 rings (SSSR count). The van der Waals surface area contributed by atoms with E-state index in [4.69, 9.17) is 0 Å². The highest BCUT2D eigenvalue weighted by molar-refractivity contribution is 5.89. The van der Waals surface area contributed by atoms with E-state index in [1.807, 2.05) is 12.1 Å². The smallest absolute Gasteiger partial charge is 0.399 e. The highest BCUT2D eigenvalue weighted by atomic mass is 19.4. The minimum absolute atomic E-state index is 0.106. The van der Waals surface area contributed by atoms with Crippen LogP contribution in [0.5, 0.6) is 5.75 Å². The standard InChI is InChI=1S/C25H22F6O/c1-2-14-3-5-15(6-4-14)16-7-9-19-17(11-16)8-10-20(23(19)28)18-12-21(26)24(22(27)13-18)32-25(29,30)31/h7-15H,2-6H2,1H3. The summed E-state index contributed by atoms with van der Waals surface area (Å²) in [5.74, 6) is -4.18. The lowest BCUT2D eigenvalue weighted by Gasteiger charge is -2.28. The van der Waals surface area contributed by atoms with Crippen molar-refractivity contribution in [3.8, 4) is 16.9 Å². The third-order valence-corrected chi connectivity index (χ3v) is 6.40. The summed E-state index contributed by atoms with van der Waals surface area (Å²) in [6, 6.07) is 9.79. The van der Waals surface area contributed by atoms with Gasteiger partial charge in [-0.2, -0.15) is 0 Å². The van der Waals surface area contributed by atoms with E-state index < -0.39 is 29.6 Å². The SMILES string of the molecule is CCC1CCC(c2ccc3c(F)c(-c4cc(F)c(OC(F)(F)F)c(F)c4)ccc3c2)CC1. The minimum atomic E-state index is -5.25. The number of hydrogen-bond acceptors (Lipinski definition) is 1. The van der Waals surface area contributed by atoms with Gasteiger partial charge in [0.2, 0.25) is 5.75 Å². The van der Waals surface area contributed by atoms with Gasteiger partial charge < -0.3 is 4.74 Å². The quantitative estimate of drug-likeness (QED) is 0.361. The summed E-state index contributed by atoms with van der Waals surface area (Å²) in [5.41, 5.74) is 0.825. The molecule has 3 aromatic carbocycles. The summed E-state index contributed by atoms with van der Waals surface area (Å²) < 4.78 is 83.9. The van der Waals surface area contributed by atoms with Gasteiger partial charge in [0.05, 0.1) is 0 Å². The van der Waals surface area contributed by atoms with Crippen molar-refractivity contribution in [2.45, 2.75) is 51.3 Å². The van der Waals surface area contributed by atoms with Gasteiger partial charge in [0.15, 0.2) is 11.6 Å². The van der Waals surface area contributed by atoms with Crippen LogP contribution < -0.4 is 4.74 Å². The molecule has 7 heteroatoms. The molecule has 32 heavy (non-hydrogen) atoms. The number of hydrogen-bond donors (Lipinski definition) is 0. The Labute approximate surface area is 182 Å². The Bertz CT molecular complexity index is 1110. The summed E-state index contributed by atoms with van der Waals surface area (Å²) in [6.45, 7) is 2.20. The van der Waals surface area contributed by atoms with E-state index in [0.717, 1.165) is 24.3 Å². The Morgan fingerprint density at radius 1 is 0.875 bits per heavy atom.